The molecule has 4 N–H and O–H groups in total. The maximum absolute atomic E-state index is 12.4. The van der Waals surface area contributed by atoms with E-state index in [-0.39, 0.29) is 23.7 Å². The highest BCUT2D eigenvalue weighted by atomic mass is 16.8. The summed E-state index contributed by atoms with van der Waals surface area (Å²) in [5.41, 5.74) is 0.102. The van der Waals surface area contributed by atoms with E-state index >= 15 is 0 Å². The van der Waals surface area contributed by atoms with E-state index in [2.05, 4.69) is 0 Å². The number of rotatable bonds is 4. The van der Waals surface area contributed by atoms with Gasteiger partial charge in [0.2, 0.25) is 6.29 Å². The number of hydrogen-bond acceptors (Lipinski definition) is 10. The van der Waals surface area contributed by atoms with Crippen LogP contribution < -0.4 is 0 Å². The fraction of sp³-hybridized carbons (Fsp3) is 0.765. The third-order valence-corrected chi connectivity index (χ3v) is 5.43. The summed E-state index contributed by atoms with van der Waals surface area (Å²) in [4.78, 5) is 24.4. The minimum Gasteiger partial charge on any atom is -0.472 e. The first-order valence-corrected chi connectivity index (χ1v) is 8.72. The molecule has 27 heavy (non-hydrogen) atoms. The first-order valence-electron chi connectivity index (χ1n) is 8.72. The third-order valence-electron chi connectivity index (χ3n) is 5.43. The average Bonchev–Trinajstić information content (AvgIpc) is 2.96. The lowest BCUT2D eigenvalue weighted by Gasteiger charge is -2.42. The van der Waals surface area contributed by atoms with Crippen LogP contribution in [-0.2, 0) is 28.5 Å². The predicted octanol–water partition coefficient (Wildman–Crippen LogP) is -1.94. The molecule has 3 rings (SSSR count). The van der Waals surface area contributed by atoms with Crippen LogP contribution in [0.3, 0.4) is 0 Å². The van der Waals surface area contributed by atoms with E-state index in [1.807, 2.05) is 6.92 Å². The van der Waals surface area contributed by atoms with Crippen molar-refractivity contribution in [2.45, 2.75) is 50.3 Å². The maximum atomic E-state index is 12.4. The van der Waals surface area contributed by atoms with Gasteiger partial charge in [0, 0.05) is 12.3 Å². The lowest BCUT2D eigenvalue weighted by molar-refractivity contribution is -0.342. The van der Waals surface area contributed by atoms with Gasteiger partial charge in [-0.2, -0.15) is 0 Å². The van der Waals surface area contributed by atoms with Gasteiger partial charge in [-0.15, -0.1) is 0 Å². The Bertz CT molecular complexity index is 617. The molecule has 0 bridgehead atoms. The van der Waals surface area contributed by atoms with Gasteiger partial charge in [0.15, 0.2) is 6.29 Å². The summed E-state index contributed by atoms with van der Waals surface area (Å²) in [6.07, 6.45) is -6.93. The van der Waals surface area contributed by atoms with Crippen LogP contribution in [0.4, 0.5) is 0 Å². The minimum absolute atomic E-state index is 0.102. The fourth-order valence-electron chi connectivity index (χ4n) is 3.96. The minimum atomic E-state index is -1.59. The standard InChI is InChI=1S/C17H24O10/c1-6-3-8(19)11-7(15(23)24-2)5-25-16(10(6)11)27-17-14(22)13(21)12(20)9(4-18)26-17/h5-6,9-14,16-18,20-22H,3-4H2,1-2H3/t6-,9-,10+,11-,12-,13+,14-,16-,17+/m0/s1. The smallest absolute Gasteiger partial charge is 0.337 e. The van der Waals surface area contributed by atoms with E-state index < -0.39 is 61.4 Å². The van der Waals surface area contributed by atoms with Gasteiger partial charge in [-0.3, -0.25) is 4.79 Å². The molecular formula is C17H24O10. The lowest BCUT2D eigenvalue weighted by Crippen LogP contribution is -2.60. The number of fused-ring (bicyclic) bond motifs is 1. The Morgan fingerprint density at radius 1 is 1.22 bits per heavy atom. The molecule has 0 spiro atoms. The van der Waals surface area contributed by atoms with Crippen molar-refractivity contribution < 1.29 is 49.0 Å². The van der Waals surface area contributed by atoms with E-state index in [0.29, 0.717) is 0 Å². The lowest BCUT2D eigenvalue weighted by atomic mass is 9.83. The van der Waals surface area contributed by atoms with Gasteiger partial charge >= 0.3 is 5.97 Å². The van der Waals surface area contributed by atoms with E-state index in [1.54, 1.807) is 0 Å². The molecule has 2 heterocycles. The van der Waals surface area contributed by atoms with Crippen molar-refractivity contribution in [1.82, 2.24) is 0 Å². The largest absolute Gasteiger partial charge is 0.472 e. The van der Waals surface area contributed by atoms with Gasteiger partial charge in [0.1, 0.15) is 30.2 Å². The number of esters is 1. The van der Waals surface area contributed by atoms with Gasteiger partial charge in [-0.1, -0.05) is 6.92 Å². The van der Waals surface area contributed by atoms with Crippen molar-refractivity contribution in [3.05, 3.63) is 11.8 Å². The summed E-state index contributed by atoms with van der Waals surface area (Å²) in [6.45, 7) is 1.22. The van der Waals surface area contributed by atoms with Crippen molar-refractivity contribution in [1.29, 1.82) is 0 Å². The number of Topliss-reactive ketones (excluding diaryl/α,β-unsaturated/α-hetero) is 1. The molecule has 1 saturated heterocycles. The molecule has 0 aromatic rings. The summed E-state index contributed by atoms with van der Waals surface area (Å²) in [6, 6.07) is 0. The number of carbonyl (C=O) groups is 2. The van der Waals surface area contributed by atoms with E-state index in [1.165, 1.54) is 7.11 Å². The molecule has 0 aromatic heterocycles. The van der Waals surface area contributed by atoms with Crippen LogP contribution in [0.1, 0.15) is 13.3 Å². The quantitative estimate of drug-likeness (QED) is 0.400. The summed E-state index contributed by atoms with van der Waals surface area (Å²) in [5.74, 6) is -2.28. The zero-order valence-electron chi connectivity index (χ0n) is 14.9. The van der Waals surface area contributed by atoms with Crippen LogP contribution in [0.5, 0.6) is 0 Å². The molecule has 152 valence electrons. The summed E-state index contributed by atoms with van der Waals surface area (Å²) >= 11 is 0. The van der Waals surface area contributed by atoms with Crippen LogP contribution in [0.15, 0.2) is 11.8 Å². The normalized spacial score (nSPS) is 44.3. The number of hydrogen-bond donors (Lipinski definition) is 4. The molecule has 9 atom stereocenters. The van der Waals surface area contributed by atoms with Gasteiger partial charge in [0.25, 0.3) is 0 Å². The first-order chi connectivity index (χ1) is 12.8. The van der Waals surface area contributed by atoms with Crippen molar-refractivity contribution in [3.63, 3.8) is 0 Å². The molecule has 2 fully saturated rings. The van der Waals surface area contributed by atoms with Crippen LogP contribution in [0.2, 0.25) is 0 Å². The summed E-state index contributed by atoms with van der Waals surface area (Å²) < 4.78 is 21.2. The number of aliphatic hydroxyl groups excluding tert-OH is 4. The summed E-state index contributed by atoms with van der Waals surface area (Å²) in [7, 11) is 1.21. The second-order valence-corrected chi connectivity index (χ2v) is 7.11. The average molecular weight is 388 g/mol. The van der Waals surface area contributed by atoms with E-state index in [0.717, 1.165) is 6.26 Å². The Morgan fingerprint density at radius 2 is 1.93 bits per heavy atom. The van der Waals surface area contributed by atoms with Crippen molar-refractivity contribution in [2.75, 3.05) is 13.7 Å². The monoisotopic (exact) mass is 388 g/mol. The van der Waals surface area contributed by atoms with Crippen molar-refractivity contribution in [3.8, 4) is 0 Å². The zero-order valence-corrected chi connectivity index (χ0v) is 14.9. The van der Waals surface area contributed by atoms with Gasteiger partial charge in [-0.05, 0) is 5.92 Å². The Labute approximate surface area is 155 Å². The Balaban J connectivity index is 1.82. The second-order valence-electron chi connectivity index (χ2n) is 7.11. The zero-order chi connectivity index (χ0) is 19.9. The van der Waals surface area contributed by atoms with Crippen LogP contribution in [-0.4, -0.2) is 82.9 Å². The molecule has 2 aliphatic heterocycles. The third kappa shape index (κ3) is 3.48. The van der Waals surface area contributed by atoms with Crippen molar-refractivity contribution in [2.24, 2.45) is 17.8 Å². The number of ketones is 1. The van der Waals surface area contributed by atoms with Crippen molar-refractivity contribution >= 4 is 11.8 Å². The Morgan fingerprint density at radius 3 is 2.56 bits per heavy atom. The molecule has 0 aromatic carbocycles. The topological polar surface area (TPSA) is 152 Å². The molecular weight excluding hydrogens is 364 g/mol. The molecule has 1 aliphatic carbocycles. The van der Waals surface area contributed by atoms with Gasteiger partial charge < -0.3 is 39.4 Å². The second kappa shape index (κ2) is 7.82. The van der Waals surface area contributed by atoms with E-state index in [4.69, 9.17) is 18.9 Å². The number of ether oxygens (including phenoxy) is 4. The number of methoxy groups -OCH3 is 1. The SMILES string of the molecule is COC(=O)C1=CO[C@@H](O[C@H]2O[C@@H](CO)[C@H](O)[C@@H](O)[C@@H]2O)[C@H]2[C@@H]1C(=O)C[C@@H]2C. The molecule has 3 aliphatic rings. The van der Waals surface area contributed by atoms with Crippen LogP contribution in [0, 0.1) is 17.8 Å². The molecule has 10 nitrogen and oxygen atoms in total. The highest BCUT2D eigenvalue weighted by Gasteiger charge is 2.54. The fourth-order valence-corrected chi connectivity index (χ4v) is 3.96. The predicted molar refractivity (Wildman–Crippen MR) is 85.6 cm³/mol. The Kier molecular flexibility index (Phi) is 5.84. The molecule has 1 saturated carbocycles. The molecule has 10 heteroatoms. The summed E-state index contributed by atoms with van der Waals surface area (Å²) in [5, 5.41) is 39.1. The van der Waals surface area contributed by atoms with Crippen LogP contribution in [0.25, 0.3) is 0 Å². The number of aliphatic hydroxyl groups is 4. The maximum Gasteiger partial charge on any atom is 0.337 e. The Hall–Kier alpha value is -1.56. The van der Waals surface area contributed by atoms with E-state index in [9.17, 15) is 30.0 Å². The first kappa shape index (κ1) is 20.2. The van der Waals surface area contributed by atoms with Crippen LogP contribution >= 0.6 is 0 Å². The van der Waals surface area contributed by atoms with Gasteiger partial charge in [-0.25, -0.2) is 4.79 Å². The van der Waals surface area contributed by atoms with Gasteiger partial charge in [0.05, 0.1) is 31.5 Å². The highest BCUT2D eigenvalue weighted by Crippen LogP contribution is 2.45. The number of carbonyl (C=O) groups excluding carboxylic acids is 2. The molecule has 0 unspecified atom stereocenters. The highest BCUT2D eigenvalue weighted by molar-refractivity contribution is 5.99. The molecule has 0 radical (unpaired) electrons. The molecule has 0 amide bonds.